The van der Waals surface area contributed by atoms with Crippen molar-refractivity contribution in [2.45, 2.75) is 51.4 Å². The molecule has 202 valence electrons. The summed E-state index contributed by atoms with van der Waals surface area (Å²) in [6, 6.07) is 20.1. The van der Waals surface area contributed by atoms with Crippen LogP contribution < -0.4 is 10.9 Å². The minimum atomic E-state index is -0.684. The highest BCUT2D eigenvalue weighted by atomic mass is 16.6. The molecule has 10 heteroatoms. The number of nitrogens with one attached hydrogen (secondary N) is 2. The van der Waals surface area contributed by atoms with E-state index in [2.05, 4.69) is 27.2 Å². The maximum atomic E-state index is 12.7. The van der Waals surface area contributed by atoms with Crippen molar-refractivity contribution in [3.8, 4) is 0 Å². The van der Waals surface area contributed by atoms with Gasteiger partial charge in [-0.25, -0.2) is 4.98 Å². The SMILES string of the molecule is CC(=O)Nc1nc2c(ncn2[C@@H]2O[C@@]3(COCc4ccccc4)C[C@@H](C)[C@@H]2[C@@H]3OCc2ccccc2)c(=O)[nH]1. The van der Waals surface area contributed by atoms with E-state index in [1.165, 1.54) is 6.92 Å². The third-order valence-electron chi connectivity index (χ3n) is 7.61. The third kappa shape index (κ3) is 4.87. The molecule has 2 aromatic carbocycles. The Balaban J connectivity index is 1.33. The molecule has 1 saturated carbocycles. The molecule has 4 aromatic rings. The summed E-state index contributed by atoms with van der Waals surface area (Å²) in [5, 5.41) is 2.55. The van der Waals surface area contributed by atoms with Gasteiger partial charge in [-0.3, -0.25) is 24.5 Å². The van der Waals surface area contributed by atoms with Crippen molar-refractivity contribution in [3.05, 3.63) is 88.5 Å². The first-order valence-electron chi connectivity index (χ1n) is 13.1. The number of ether oxygens (including phenoxy) is 3. The second kappa shape index (κ2) is 10.4. The number of rotatable bonds is 9. The molecule has 0 unspecified atom stereocenters. The number of H-pyrrole nitrogens is 1. The molecule has 1 amide bonds. The zero-order valence-corrected chi connectivity index (χ0v) is 21.9. The number of carbonyl (C=O) groups excluding carboxylic acids is 1. The first kappa shape index (κ1) is 25.4. The van der Waals surface area contributed by atoms with Crippen molar-refractivity contribution < 1.29 is 19.0 Å². The van der Waals surface area contributed by atoms with Gasteiger partial charge in [0.1, 0.15) is 11.8 Å². The van der Waals surface area contributed by atoms with E-state index in [0.717, 1.165) is 17.5 Å². The molecule has 2 fully saturated rings. The summed E-state index contributed by atoms with van der Waals surface area (Å²) in [5.41, 5.74) is 1.57. The molecule has 1 saturated heterocycles. The lowest BCUT2D eigenvalue weighted by molar-refractivity contribution is -0.166. The highest BCUT2D eigenvalue weighted by Gasteiger charge is 2.64. The number of hydrogen-bond acceptors (Lipinski definition) is 7. The number of imidazole rings is 1. The Morgan fingerprint density at radius 2 is 1.82 bits per heavy atom. The first-order valence-corrected chi connectivity index (χ1v) is 13.1. The van der Waals surface area contributed by atoms with Gasteiger partial charge in [-0.15, -0.1) is 0 Å². The Kier molecular flexibility index (Phi) is 6.76. The highest BCUT2D eigenvalue weighted by molar-refractivity contribution is 5.87. The fourth-order valence-electron chi connectivity index (χ4n) is 6.01. The molecule has 3 heterocycles. The van der Waals surface area contributed by atoms with Crippen LogP contribution in [0.1, 0.15) is 37.6 Å². The maximum Gasteiger partial charge on any atom is 0.280 e. The van der Waals surface area contributed by atoms with Crippen LogP contribution in [0.3, 0.4) is 0 Å². The molecule has 2 bridgehead atoms. The fraction of sp³-hybridized carbons (Fsp3) is 0.379. The van der Waals surface area contributed by atoms with Gasteiger partial charge in [-0.1, -0.05) is 67.6 Å². The molecule has 0 spiro atoms. The molecular formula is C29H31N5O5. The molecular weight excluding hydrogens is 498 g/mol. The number of hydrogen-bond donors (Lipinski definition) is 2. The summed E-state index contributed by atoms with van der Waals surface area (Å²) in [6.07, 6.45) is 1.64. The molecule has 6 rings (SSSR count). The van der Waals surface area contributed by atoms with Gasteiger partial charge in [0.2, 0.25) is 11.9 Å². The van der Waals surface area contributed by atoms with Gasteiger partial charge >= 0.3 is 0 Å². The van der Waals surface area contributed by atoms with Gasteiger partial charge in [0.15, 0.2) is 11.2 Å². The average molecular weight is 530 g/mol. The van der Waals surface area contributed by atoms with Crippen LogP contribution >= 0.6 is 0 Å². The highest BCUT2D eigenvalue weighted by Crippen LogP contribution is 2.57. The monoisotopic (exact) mass is 529 g/mol. The van der Waals surface area contributed by atoms with Crippen LogP contribution in [0, 0.1) is 11.8 Å². The van der Waals surface area contributed by atoms with Crippen LogP contribution in [0.4, 0.5) is 5.95 Å². The van der Waals surface area contributed by atoms with Crippen LogP contribution in [-0.2, 0) is 32.2 Å². The maximum absolute atomic E-state index is 12.7. The molecule has 2 N–H and O–H groups in total. The normalized spacial score (nSPS) is 25.8. The summed E-state index contributed by atoms with van der Waals surface area (Å²) in [4.78, 5) is 35.7. The number of fused-ring (bicyclic) bond motifs is 3. The van der Waals surface area contributed by atoms with E-state index in [1.54, 1.807) is 10.9 Å². The van der Waals surface area contributed by atoms with Crippen LogP contribution in [0.5, 0.6) is 0 Å². The largest absolute Gasteiger partial charge is 0.374 e. The van der Waals surface area contributed by atoms with Crippen molar-refractivity contribution in [2.24, 2.45) is 11.8 Å². The quantitative estimate of drug-likeness (QED) is 0.338. The van der Waals surface area contributed by atoms with Gasteiger partial charge in [0.05, 0.1) is 32.3 Å². The molecule has 10 nitrogen and oxygen atoms in total. The van der Waals surface area contributed by atoms with Crippen LogP contribution in [0.15, 0.2) is 71.8 Å². The second-order valence-electron chi connectivity index (χ2n) is 10.4. The number of aromatic amines is 1. The van der Waals surface area contributed by atoms with Crippen molar-refractivity contribution in [1.82, 2.24) is 19.5 Å². The lowest BCUT2D eigenvalue weighted by atomic mass is 9.94. The van der Waals surface area contributed by atoms with E-state index in [4.69, 9.17) is 14.2 Å². The van der Waals surface area contributed by atoms with E-state index in [0.29, 0.717) is 25.5 Å². The number of benzene rings is 2. The van der Waals surface area contributed by atoms with Crippen LogP contribution in [0.2, 0.25) is 0 Å². The molecule has 39 heavy (non-hydrogen) atoms. The number of amides is 1. The average Bonchev–Trinajstić information content (AvgIpc) is 3.56. The van der Waals surface area contributed by atoms with Gasteiger partial charge in [0.25, 0.3) is 5.56 Å². The van der Waals surface area contributed by atoms with Crippen molar-refractivity contribution in [2.75, 3.05) is 11.9 Å². The fourth-order valence-corrected chi connectivity index (χ4v) is 6.01. The van der Waals surface area contributed by atoms with Gasteiger partial charge in [0, 0.05) is 12.8 Å². The van der Waals surface area contributed by atoms with Crippen LogP contribution in [0.25, 0.3) is 11.2 Å². The molecule has 0 radical (unpaired) electrons. The Labute approximate surface area is 225 Å². The Hall–Kier alpha value is -3.86. The second-order valence-corrected chi connectivity index (χ2v) is 10.4. The predicted octanol–water partition coefficient (Wildman–Crippen LogP) is 3.80. The molecule has 2 aliphatic rings. The molecule has 2 aromatic heterocycles. The third-order valence-corrected chi connectivity index (χ3v) is 7.61. The first-order chi connectivity index (χ1) is 18.9. The topological polar surface area (TPSA) is 120 Å². The summed E-state index contributed by atoms with van der Waals surface area (Å²) in [7, 11) is 0. The van der Waals surface area contributed by atoms with Crippen molar-refractivity contribution in [3.63, 3.8) is 0 Å². The number of nitrogens with zero attached hydrogens (tertiary/aromatic N) is 3. The Morgan fingerprint density at radius 3 is 2.51 bits per heavy atom. The standard InChI is InChI=1S/C29H31N5O5/c1-18-13-29(16-37-14-20-9-5-3-6-10-20)24(38-15-21-11-7-4-8-12-21)22(18)27(39-29)34-17-30-23-25(34)32-28(31-19(2)35)33-26(23)36/h3-12,17-18,22,24,27H,13-16H2,1-2H3,(H2,31,32,33,35,36)/t18-,22-,24+,27-,29-/m1/s1. The minimum absolute atomic E-state index is 0.0308. The zero-order valence-electron chi connectivity index (χ0n) is 21.9. The zero-order chi connectivity index (χ0) is 27.0. The van der Waals surface area contributed by atoms with E-state index in [1.807, 2.05) is 60.7 Å². The Morgan fingerprint density at radius 1 is 1.13 bits per heavy atom. The lowest BCUT2D eigenvalue weighted by Crippen LogP contribution is -2.43. The number of aromatic nitrogens is 4. The van der Waals surface area contributed by atoms with Crippen molar-refractivity contribution in [1.29, 1.82) is 0 Å². The molecule has 1 aliphatic heterocycles. The summed E-state index contributed by atoms with van der Waals surface area (Å²) in [5.74, 6) is -0.0520. The van der Waals surface area contributed by atoms with Gasteiger partial charge in [-0.2, -0.15) is 4.98 Å². The van der Waals surface area contributed by atoms with Gasteiger partial charge < -0.3 is 14.2 Å². The van der Waals surface area contributed by atoms with Gasteiger partial charge in [-0.05, 0) is 23.5 Å². The molecule has 5 atom stereocenters. The van der Waals surface area contributed by atoms with E-state index >= 15 is 0 Å². The Bertz CT molecular complexity index is 1520. The van der Waals surface area contributed by atoms with Crippen molar-refractivity contribution >= 4 is 23.0 Å². The van der Waals surface area contributed by atoms with E-state index < -0.39 is 17.4 Å². The lowest BCUT2D eigenvalue weighted by Gasteiger charge is -2.34. The minimum Gasteiger partial charge on any atom is -0.374 e. The van der Waals surface area contributed by atoms with Crippen LogP contribution in [-0.4, -0.2) is 43.7 Å². The molecule has 1 aliphatic carbocycles. The predicted molar refractivity (Wildman–Crippen MR) is 144 cm³/mol. The summed E-state index contributed by atoms with van der Waals surface area (Å²) < 4.78 is 21.4. The van der Waals surface area contributed by atoms with E-state index in [-0.39, 0.29) is 35.3 Å². The summed E-state index contributed by atoms with van der Waals surface area (Å²) in [6.45, 7) is 4.82. The number of anilines is 1. The smallest absolute Gasteiger partial charge is 0.280 e. The van der Waals surface area contributed by atoms with E-state index in [9.17, 15) is 9.59 Å². The summed E-state index contributed by atoms with van der Waals surface area (Å²) >= 11 is 0. The number of carbonyl (C=O) groups is 1.